The van der Waals surface area contributed by atoms with E-state index < -0.39 is 0 Å². The Morgan fingerprint density at radius 2 is 1.40 bits per heavy atom. The quantitative estimate of drug-likeness (QED) is 0.548. The van der Waals surface area contributed by atoms with E-state index in [1.54, 1.807) is 0 Å². The molecule has 1 fully saturated rings. The molecule has 1 nitrogen and oxygen atoms in total. The number of hydrogen-bond donors (Lipinski definition) is 0. The van der Waals surface area contributed by atoms with Crippen LogP contribution in [0.2, 0.25) is 0 Å². The molecule has 0 atom stereocenters. The third-order valence-electron chi connectivity index (χ3n) is 1.40. The molecule has 0 aliphatic carbocycles. The Labute approximate surface area is 66.4 Å². The van der Waals surface area contributed by atoms with Gasteiger partial charge in [-0.1, -0.05) is 34.6 Å². The van der Waals surface area contributed by atoms with Gasteiger partial charge in [-0.25, -0.2) is 0 Å². The summed E-state index contributed by atoms with van der Waals surface area (Å²) < 4.78 is 0. The first-order valence-electron chi connectivity index (χ1n) is 4.66. The summed E-state index contributed by atoms with van der Waals surface area (Å²) in [7, 11) is 0. The fourth-order valence-electron chi connectivity index (χ4n) is 0.698. The lowest BCUT2D eigenvalue weighted by Crippen LogP contribution is -2.36. The van der Waals surface area contributed by atoms with Gasteiger partial charge in [-0.2, -0.15) is 0 Å². The van der Waals surface area contributed by atoms with Gasteiger partial charge in [0.1, 0.15) is 0 Å². The molecule has 1 aliphatic rings. The molecule has 1 saturated heterocycles. The Morgan fingerprint density at radius 1 is 1.00 bits per heavy atom. The van der Waals surface area contributed by atoms with Crippen LogP contribution >= 0.6 is 0 Å². The smallest absolute Gasteiger partial charge is 0.000665 e. The molecule has 0 saturated carbocycles. The minimum absolute atomic E-state index is 1.25. The summed E-state index contributed by atoms with van der Waals surface area (Å²) in [4.78, 5) is 2.43. The molecular weight excluding hydrogens is 122 g/mol. The highest BCUT2D eigenvalue weighted by Crippen LogP contribution is 2.02. The van der Waals surface area contributed by atoms with Gasteiger partial charge in [-0.05, 0) is 26.1 Å². The first-order chi connectivity index (χ1) is 4.93. The zero-order valence-electron chi connectivity index (χ0n) is 8.28. The lowest BCUT2D eigenvalue weighted by atomic mass is 10.2. The molecule has 10 heavy (non-hydrogen) atoms. The van der Waals surface area contributed by atoms with E-state index in [2.05, 4.69) is 11.8 Å². The average Bonchev–Trinajstić information content (AvgIpc) is 1.95. The van der Waals surface area contributed by atoms with E-state index in [1.807, 2.05) is 27.7 Å². The van der Waals surface area contributed by atoms with Gasteiger partial charge in [0, 0.05) is 0 Å². The molecule has 1 aliphatic heterocycles. The molecule has 64 valence electrons. The second-order valence-corrected chi connectivity index (χ2v) is 1.79. The fraction of sp³-hybridized carbons (Fsp3) is 1.00. The highest BCUT2D eigenvalue weighted by atomic mass is 15.2. The summed E-state index contributed by atoms with van der Waals surface area (Å²) in [5.74, 6) is 0. The van der Waals surface area contributed by atoms with Gasteiger partial charge < -0.3 is 4.90 Å². The highest BCUT2D eigenvalue weighted by molar-refractivity contribution is 4.64. The second-order valence-electron chi connectivity index (χ2n) is 1.79. The van der Waals surface area contributed by atoms with Gasteiger partial charge in [0.25, 0.3) is 0 Å². The predicted octanol–water partition coefficient (Wildman–Crippen LogP) is 2.76. The van der Waals surface area contributed by atoms with E-state index in [0.29, 0.717) is 0 Å². The molecule has 0 unspecified atom stereocenters. The molecule has 0 bridgehead atoms. The fourth-order valence-corrected chi connectivity index (χ4v) is 0.698. The van der Waals surface area contributed by atoms with Crippen molar-refractivity contribution in [2.45, 2.75) is 41.0 Å². The standard InChI is InChI=1S/C5H11N.2C2H6/c1-2-6-4-3-5-6;2*1-2/h2-5H2,1H3;2*1-2H3. The van der Waals surface area contributed by atoms with E-state index in [-0.39, 0.29) is 0 Å². The largest absolute Gasteiger partial charge is 0.304 e. The zero-order chi connectivity index (χ0) is 8.41. The van der Waals surface area contributed by atoms with E-state index in [4.69, 9.17) is 0 Å². The van der Waals surface area contributed by atoms with Gasteiger partial charge in [0.05, 0.1) is 0 Å². The third-order valence-corrected chi connectivity index (χ3v) is 1.40. The SMILES string of the molecule is CC.CC.CCN1CCC1. The van der Waals surface area contributed by atoms with Crippen molar-refractivity contribution in [2.24, 2.45) is 0 Å². The summed E-state index contributed by atoms with van der Waals surface area (Å²) in [6, 6.07) is 0. The number of nitrogens with zero attached hydrogens (tertiary/aromatic N) is 1. The Bertz CT molecular complexity index is 37.2. The van der Waals surface area contributed by atoms with E-state index >= 15 is 0 Å². The maximum Gasteiger partial charge on any atom is -0.000665 e. The molecule has 0 spiro atoms. The summed E-state index contributed by atoms with van der Waals surface area (Å²) >= 11 is 0. The first kappa shape index (κ1) is 12.6. The van der Waals surface area contributed by atoms with Crippen molar-refractivity contribution in [2.75, 3.05) is 19.6 Å². The van der Waals surface area contributed by atoms with E-state index in [0.717, 1.165) is 0 Å². The maximum absolute atomic E-state index is 2.43. The van der Waals surface area contributed by atoms with Crippen LogP contribution in [0.1, 0.15) is 41.0 Å². The van der Waals surface area contributed by atoms with Crippen LogP contribution < -0.4 is 0 Å². The summed E-state index contributed by atoms with van der Waals surface area (Å²) in [6.45, 7) is 14.1. The van der Waals surface area contributed by atoms with Crippen LogP contribution in [-0.4, -0.2) is 24.5 Å². The Balaban J connectivity index is 0. The van der Waals surface area contributed by atoms with E-state index in [1.165, 1.54) is 26.1 Å². The summed E-state index contributed by atoms with van der Waals surface area (Å²) in [6.07, 6.45) is 1.42. The van der Waals surface area contributed by atoms with Crippen molar-refractivity contribution < 1.29 is 0 Å². The van der Waals surface area contributed by atoms with Gasteiger partial charge in [0.15, 0.2) is 0 Å². The van der Waals surface area contributed by atoms with Crippen LogP contribution in [0.25, 0.3) is 0 Å². The molecule has 0 aromatic heterocycles. The molecule has 1 heteroatoms. The normalized spacial score (nSPS) is 15.3. The zero-order valence-corrected chi connectivity index (χ0v) is 8.28. The molecule has 0 aromatic carbocycles. The van der Waals surface area contributed by atoms with Crippen LogP contribution in [0, 0.1) is 0 Å². The molecule has 0 aromatic rings. The van der Waals surface area contributed by atoms with E-state index in [9.17, 15) is 0 Å². The Morgan fingerprint density at radius 3 is 1.40 bits per heavy atom. The lowest BCUT2D eigenvalue weighted by Gasteiger charge is -2.28. The second kappa shape index (κ2) is 11.7. The van der Waals surface area contributed by atoms with Crippen molar-refractivity contribution in [1.82, 2.24) is 4.90 Å². The third kappa shape index (κ3) is 6.09. The van der Waals surface area contributed by atoms with Crippen molar-refractivity contribution in [3.8, 4) is 0 Å². The van der Waals surface area contributed by atoms with Gasteiger partial charge in [-0.15, -0.1) is 0 Å². The number of rotatable bonds is 1. The predicted molar refractivity (Wildman–Crippen MR) is 49.4 cm³/mol. The number of likely N-dealkylation sites (tertiary alicyclic amines) is 1. The Kier molecular flexibility index (Phi) is 14.8. The van der Waals surface area contributed by atoms with Crippen LogP contribution in [0.3, 0.4) is 0 Å². The van der Waals surface area contributed by atoms with Crippen LogP contribution in [0.5, 0.6) is 0 Å². The van der Waals surface area contributed by atoms with Crippen molar-refractivity contribution in [1.29, 1.82) is 0 Å². The minimum atomic E-state index is 1.25. The van der Waals surface area contributed by atoms with Gasteiger partial charge in [-0.3, -0.25) is 0 Å². The van der Waals surface area contributed by atoms with Gasteiger partial charge in [0.2, 0.25) is 0 Å². The van der Waals surface area contributed by atoms with Crippen LogP contribution in [-0.2, 0) is 0 Å². The monoisotopic (exact) mass is 145 g/mol. The first-order valence-corrected chi connectivity index (χ1v) is 4.66. The summed E-state index contributed by atoms with van der Waals surface area (Å²) in [5.41, 5.74) is 0. The van der Waals surface area contributed by atoms with Crippen molar-refractivity contribution >= 4 is 0 Å². The molecule has 0 N–H and O–H groups in total. The molecular formula is C9H23N. The summed E-state index contributed by atoms with van der Waals surface area (Å²) in [5, 5.41) is 0. The molecule has 0 amide bonds. The van der Waals surface area contributed by atoms with Crippen LogP contribution in [0.15, 0.2) is 0 Å². The van der Waals surface area contributed by atoms with Crippen LogP contribution in [0.4, 0.5) is 0 Å². The number of hydrogen-bond acceptors (Lipinski definition) is 1. The lowest BCUT2D eigenvalue weighted by molar-refractivity contribution is 0.192. The average molecular weight is 145 g/mol. The molecule has 0 radical (unpaired) electrons. The minimum Gasteiger partial charge on any atom is -0.304 e. The van der Waals surface area contributed by atoms with Gasteiger partial charge >= 0.3 is 0 Å². The molecule has 1 heterocycles. The highest BCUT2D eigenvalue weighted by Gasteiger charge is 2.08. The topological polar surface area (TPSA) is 3.24 Å². The van der Waals surface area contributed by atoms with Crippen molar-refractivity contribution in [3.63, 3.8) is 0 Å². The Hall–Kier alpha value is -0.0400. The maximum atomic E-state index is 2.43. The molecule has 1 rings (SSSR count). The van der Waals surface area contributed by atoms with Crippen molar-refractivity contribution in [3.05, 3.63) is 0 Å².